The molecule has 0 aliphatic heterocycles. The Balaban J connectivity index is 1.76. The highest BCUT2D eigenvalue weighted by Gasteiger charge is 2.06. The first-order valence-corrected chi connectivity index (χ1v) is 8.66. The summed E-state index contributed by atoms with van der Waals surface area (Å²) in [5.41, 5.74) is 2.12. The summed E-state index contributed by atoms with van der Waals surface area (Å²) in [6.45, 7) is 0.789. The third-order valence-electron chi connectivity index (χ3n) is 3.00. The quantitative estimate of drug-likeness (QED) is 0.657. The number of aryl methyl sites for hydroxylation is 1. The van der Waals surface area contributed by atoms with Crippen molar-refractivity contribution in [3.8, 4) is 11.4 Å². The number of nitrogens with zero attached hydrogens (tertiary/aromatic N) is 3. The zero-order valence-corrected chi connectivity index (χ0v) is 15.2. The van der Waals surface area contributed by atoms with Crippen LogP contribution in [0.4, 0.5) is 5.69 Å². The van der Waals surface area contributed by atoms with Gasteiger partial charge in [0.15, 0.2) is 5.82 Å². The Kier molecular flexibility index (Phi) is 4.42. The van der Waals surface area contributed by atoms with E-state index in [1.807, 2.05) is 23.7 Å². The van der Waals surface area contributed by atoms with Crippen molar-refractivity contribution in [3.05, 3.63) is 49.8 Å². The summed E-state index contributed by atoms with van der Waals surface area (Å²) in [5, 5.41) is 11.5. The number of hydrogen-bond acceptors (Lipinski definition) is 4. The zero-order chi connectivity index (χ0) is 14.8. The van der Waals surface area contributed by atoms with Gasteiger partial charge >= 0.3 is 0 Å². The fraction of sp³-hybridized carbons (Fsp3) is 0.143. The van der Waals surface area contributed by atoms with Crippen molar-refractivity contribution in [1.29, 1.82) is 0 Å². The summed E-state index contributed by atoms with van der Waals surface area (Å²) in [5.74, 6) is 0.861. The fourth-order valence-electron chi connectivity index (χ4n) is 1.98. The van der Waals surface area contributed by atoms with Crippen LogP contribution in [0.1, 0.15) is 4.88 Å². The summed E-state index contributed by atoms with van der Waals surface area (Å²) in [7, 11) is 1.94. The van der Waals surface area contributed by atoms with E-state index in [0.717, 1.165) is 31.9 Å². The van der Waals surface area contributed by atoms with Gasteiger partial charge in [0.2, 0.25) is 0 Å². The Bertz CT molecular complexity index is 746. The average Bonchev–Trinajstić information content (AvgIpc) is 3.03. The van der Waals surface area contributed by atoms with E-state index < -0.39 is 0 Å². The third kappa shape index (κ3) is 3.36. The molecule has 21 heavy (non-hydrogen) atoms. The lowest BCUT2D eigenvalue weighted by atomic mass is 10.2. The molecule has 0 radical (unpaired) electrons. The molecule has 1 N–H and O–H groups in total. The standard InChI is InChI=1S/C14H12Br2N4S/c1-20-8-18-19-14(20)9-3-2-4-10(5-9)17-7-11-6-12(15)13(16)21-11/h2-6,8,17H,7H2,1H3. The Hall–Kier alpha value is -1.18. The summed E-state index contributed by atoms with van der Waals surface area (Å²) in [6, 6.07) is 10.3. The van der Waals surface area contributed by atoms with E-state index in [9.17, 15) is 0 Å². The second kappa shape index (κ2) is 6.29. The molecule has 0 saturated carbocycles. The summed E-state index contributed by atoms with van der Waals surface area (Å²) in [6.07, 6.45) is 1.70. The van der Waals surface area contributed by atoms with Crippen molar-refractivity contribution < 1.29 is 0 Å². The molecule has 0 unspecified atom stereocenters. The number of anilines is 1. The maximum atomic E-state index is 4.14. The summed E-state index contributed by atoms with van der Waals surface area (Å²) >= 11 is 8.74. The Morgan fingerprint density at radius 3 is 2.81 bits per heavy atom. The van der Waals surface area contributed by atoms with Crippen LogP contribution in [0.5, 0.6) is 0 Å². The van der Waals surface area contributed by atoms with Crippen LogP contribution in [-0.2, 0) is 13.6 Å². The van der Waals surface area contributed by atoms with Crippen LogP contribution in [0.3, 0.4) is 0 Å². The van der Waals surface area contributed by atoms with Gasteiger partial charge in [0.1, 0.15) is 6.33 Å². The topological polar surface area (TPSA) is 42.7 Å². The largest absolute Gasteiger partial charge is 0.380 e. The lowest BCUT2D eigenvalue weighted by Gasteiger charge is -2.07. The predicted molar refractivity (Wildman–Crippen MR) is 93.5 cm³/mol. The maximum Gasteiger partial charge on any atom is 0.163 e. The third-order valence-corrected chi connectivity index (χ3v) is 6.25. The van der Waals surface area contributed by atoms with Crippen LogP contribution in [-0.4, -0.2) is 14.8 Å². The van der Waals surface area contributed by atoms with Gasteiger partial charge < -0.3 is 9.88 Å². The lowest BCUT2D eigenvalue weighted by molar-refractivity contribution is 0.920. The second-order valence-electron chi connectivity index (χ2n) is 4.53. The van der Waals surface area contributed by atoms with E-state index in [0.29, 0.717) is 0 Å². The van der Waals surface area contributed by atoms with E-state index in [2.05, 4.69) is 65.6 Å². The molecule has 4 nitrogen and oxygen atoms in total. The first-order valence-electron chi connectivity index (χ1n) is 6.25. The monoisotopic (exact) mass is 426 g/mol. The minimum absolute atomic E-state index is 0.789. The number of benzene rings is 1. The molecule has 2 aromatic heterocycles. The maximum absolute atomic E-state index is 4.14. The Morgan fingerprint density at radius 2 is 2.14 bits per heavy atom. The van der Waals surface area contributed by atoms with Crippen LogP contribution in [0, 0.1) is 0 Å². The van der Waals surface area contributed by atoms with E-state index in [-0.39, 0.29) is 0 Å². The van der Waals surface area contributed by atoms with Crippen LogP contribution in [0.2, 0.25) is 0 Å². The molecular weight excluding hydrogens is 416 g/mol. The van der Waals surface area contributed by atoms with Crippen molar-refractivity contribution in [3.63, 3.8) is 0 Å². The van der Waals surface area contributed by atoms with Crippen LogP contribution >= 0.6 is 43.2 Å². The van der Waals surface area contributed by atoms with Gasteiger partial charge in [-0.25, -0.2) is 0 Å². The van der Waals surface area contributed by atoms with Crippen LogP contribution in [0.25, 0.3) is 11.4 Å². The predicted octanol–water partition coefficient (Wildman–Crippen LogP) is 4.68. The number of hydrogen-bond donors (Lipinski definition) is 1. The minimum atomic E-state index is 0.789. The van der Waals surface area contributed by atoms with Gasteiger partial charge in [-0.1, -0.05) is 12.1 Å². The molecular formula is C14H12Br2N4S. The first kappa shape index (κ1) is 14.7. The molecule has 1 aromatic carbocycles. The Morgan fingerprint density at radius 1 is 1.29 bits per heavy atom. The molecule has 0 aliphatic carbocycles. The van der Waals surface area contributed by atoms with Crippen LogP contribution in [0.15, 0.2) is 44.9 Å². The highest BCUT2D eigenvalue weighted by Crippen LogP contribution is 2.32. The molecule has 7 heteroatoms. The van der Waals surface area contributed by atoms with Crippen molar-refractivity contribution >= 4 is 48.9 Å². The van der Waals surface area contributed by atoms with E-state index >= 15 is 0 Å². The first-order chi connectivity index (χ1) is 10.1. The molecule has 0 aliphatic rings. The zero-order valence-electron chi connectivity index (χ0n) is 11.2. The van der Waals surface area contributed by atoms with Gasteiger partial charge in [-0.3, -0.25) is 0 Å². The van der Waals surface area contributed by atoms with Gasteiger partial charge in [0.05, 0.1) is 3.79 Å². The second-order valence-corrected chi connectivity index (χ2v) is 7.84. The molecule has 3 aromatic rings. The molecule has 108 valence electrons. The molecule has 0 spiro atoms. The summed E-state index contributed by atoms with van der Waals surface area (Å²) < 4.78 is 4.12. The lowest BCUT2D eigenvalue weighted by Crippen LogP contribution is -1.98. The average molecular weight is 428 g/mol. The van der Waals surface area contributed by atoms with Crippen molar-refractivity contribution in [1.82, 2.24) is 14.8 Å². The van der Waals surface area contributed by atoms with Crippen molar-refractivity contribution in [2.24, 2.45) is 7.05 Å². The fourth-order valence-corrected chi connectivity index (χ4v) is 4.10. The van der Waals surface area contributed by atoms with E-state index in [4.69, 9.17) is 0 Å². The Labute approximate surface area is 143 Å². The van der Waals surface area contributed by atoms with Gasteiger partial charge in [-0.05, 0) is 50.1 Å². The van der Waals surface area contributed by atoms with E-state index in [1.54, 1.807) is 17.7 Å². The number of nitrogens with one attached hydrogen (secondary N) is 1. The van der Waals surface area contributed by atoms with Gasteiger partial charge in [0.25, 0.3) is 0 Å². The van der Waals surface area contributed by atoms with Gasteiger partial charge in [-0.15, -0.1) is 21.5 Å². The number of aromatic nitrogens is 3. The number of halogens is 2. The molecule has 0 saturated heterocycles. The minimum Gasteiger partial charge on any atom is -0.380 e. The highest BCUT2D eigenvalue weighted by molar-refractivity contribution is 9.13. The van der Waals surface area contributed by atoms with E-state index in [1.165, 1.54) is 4.88 Å². The molecule has 0 amide bonds. The normalized spacial score (nSPS) is 10.8. The van der Waals surface area contributed by atoms with Crippen molar-refractivity contribution in [2.45, 2.75) is 6.54 Å². The number of thiophene rings is 1. The molecule has 0 bridgehead atoms. The van der Waals surface area contributed by atoms with Gasteiger partial charge in [-0.2, -0.15) is 0 Å². The highest BCUT2D eigenvalue weighted by atomic mass is 79.9. The molecule has 0 atom stereocenters. The van der Waals surface area contributed by atoms with Crippen molar-refractivity contribution in [2.75, 3.05) is 5.32 Å². The SMILES string of the molecule is Cn1cnnc1-c1cccc(NCc2cc(Br)c(Br)s2)c1. The molecule has 2 heterocycles. The van der Waals surface area contributed by atoms with Gasteiger partial charge in [0, 0.05) is 34.2 Å². The summed E-state index contributed by atoms with van der Waals surface area (Å²) in [4.78, 5) is 1.26. The molecule has 3 rings (SSSR count). The molecule has 0 fully saturated rings. The smallest absolute Gasteiger partial charge is 0.163 e. The number of rotatable bonds is 4. The van der Waals surface area contributed by atoms with Crippen LogP contribution < -0.4 is 5.32 Å².